The van der Waals surface area contributed by atoms with Crippen LogP contribution < -0.4 is 10.2 Å². The Hall–Kier alpha value is -2.71. The molecule has 2 heterocycles. The van der Waals surface area contributed by atoms with Crippen molar-refractivity contribution in [2.45, 2.75) is 57.9 Å². The van der Waals surface area contributed by atoms with Crippen LogP contribution in [0.4, 0.5) is 11.4 Å². The summed E-state index contributed by atoms with van der Waals surface area (Å²) in [5, 5.41) is 3.00. The molecule has 0 saturated carbocycles. The first-order valence-electron chi connectivity index (χ1n) is 11.4. The first-order valence-corrected chi connectivity index (χ1v) is 12.8. The average Bonchev–Trinajstić information content (AvgIpc) is 3.10. The van der Waals surface area contributed by atoms with Gasteiger partial charge in [-0.25, -0.2) is 8.42 Å². The van der Waals surface area contributed by atoms with E-state index in [1.165, 1.54) is 11.2 Å². The van der Waals surface area contributed by atoms with Crippen LogP contribution in [0.15, 0.2) is 41.3 Å². The number of amides is 2. The lowest BCUT2D eigenvalue weighted by molar-refractivity contribution is -0.121. The third-order valence-corrected chi connectivity index (χ3v) is 8.60. The molecule has 1 N–H and O–H groups in total. The fourth-order valence-corrected chi connectivity index (χ4v) is 6.46. The summed E-state index contributed by atoms with van der Waals surface area (Å²) >= 11 is 0. The Kier molecular flexibility index (Phi) is 6.33. The summed E-state index contributed by atoms with van der Waals surface area (Å²) in [7, 11) is -3.66. The molecule has 0 bridgehead atoms. The Morgan fingerprint density at radius 3 is 2.36 bits per heavy atom. The number of piperidine rings is 1. The number of carbonyl (C=O) groups is 2. The van der Waals surface area contributed by atoms with Crippen LogP contribution in [-0.4, -0.2) is 43.7 Å². The van der Waals surface area contributed by atoms with Gasteiger partial charge < -0.3 is 10.2 Å². The summed E-state index contributed by atoms with van der Waals surface area (Å²) in [6.45, 7) is 8.07. The number of fused-ring (bicyclic) bond motifs is 1. The van der Waals surface area contributed by atoms with Crippen molar-refractivity contribution < 1.29 is 18.0 Å². The smallest absolute Gasteiger partial charge is 0.243 e. The highest BCUT2D eigenvalue weighted by Crippen LogP contribution is 2.35. The number of benzene rings is 2. The minimum Gasteiger partial charge on any atom is -0.326 e. The maximum absolute atomic E-state index is 13.3. The van der Waals surface area contributed by atoms with Crippen LogP contribution in [0.1, 0.15) is 43.4 Å². The van der Waals surface area contributed by atoms with Crippen LogP contribution in [0.2, 0.25) is 0 Å². The molecule has 1 unspecified atom stereocenters. The topological polar surface area (TPSA) is 86.8 Å². The molecule has 1 fully saturated rings. The number of nitrogens with zero attached hydrogens (tertiary/aromatic N) is 2. The van der Waals surface area contributed by atoms with Crippen LogP contribution in [0.25, 0.3) is 0 Å². The van der Waals surface area contributed by atoms with Crippen LogP contribution in [0.3, 0.4) is 0 Å². The number of hydrogen-bond donors (Lipinski definition) is 1. The molecule has 0 aromatic heterocycles. The lowest BCUT2D eigenvalue weighted by Gasteiger charge is -2.30. The third-order valence-electron chi connectivity index (χ3n) is 6.71. The summed E-state index contributed by atoms with van der Waals surface area (Å²) < 4.78 is 28.0. The lowest BCUT2D eigenvalue weighted by atomic mass is 9.97. The molecule has 0 aliphatic carbocycles. The Morgan fingerprint density at radius 1 is 1.03 bits per heavy atom. The maximum Gasteiger partial charge on any atom is 0.243 e. The van der Waals surface area contributed by atoms with Gasteiger partial charge in [-0.2, -0.15) is 4.31 Å². The van der Waals surface area contributed by atoms with E-state index in [4.69, 9.17) is 0 Å². The molecule has 8 heteroatoms. The van der Waals surface area contributed by atoms with Gasteiger partial charge >= 0.3 is 0 Å². The predicted molar refractivity (Wildman–Crippen MR) is 129 cm³/mol. The van der Waals surface area contributed by atoms with Crippen LogP contribution in [0, 0.1) is 19.8 Å². The van der Waals surface area contributed by atoms with Gasteiger partial charge in [-0.15, -0.1) is 0 Å². The molecular weight excluding hydrogens is 438 g/mol. The number of sulfonamides is 1. The van der Waals surface area contributed by atoms with Crippen molar-refractivity contribution in [2.24, 2.45) is 5.92 Å². The molecule has 7 nitrogen and oxygen atoms in total. The zero-order valence-corrected chi connectivity index (χ0v) is 20.4. The lowest BCUT2D eigenvalue weighted by Crippen LogP contribution is -2.41. The standard InChI is InChI=1S/C25H31N3O4S/c1-16-5-7-23(17(2)13-16)26-25(30)20-9-11-27(12-10-20)33(31,32)22-6-8-24-21(15-22)14-18(3)28(24)19(4)29/h5-8,13,15,18,20H,9-12,14H2,1-4H3,(H,26,30). The van der Waals surface area contributed by atoms with Gasteiger partial charge in [0, 0.05) is 43.3 Å². The zero-order chi connectivity index (χ0) is 23.9. The molecule has 33 heavy (non-hydrogen) atoms. The van der Waals surface area contributed by atoms with Crippen molar-refractivity contribution in [2.75, 3.05) is 23.3 Å². The first-order chi connectivity index (χ1) is 15.6. The van der Waals surface area contributed by atoms with Gasteiger partial charge in [-0.05, 0) is 75.4 Å². The molecule has 0 spiro atoms. The van der Waals surface area contributed by atoms with Gasteiger partial charge in [0.2, 0.25) is 21.8 Å². The highest BCUT2D eigenvalue weighted by atomic mass is 32.2. The first kappa shape index (κ1) is 23.4. The second kappa shape index (κ2) is 8.91. The highest BCUT2D eigenvalue weighted by molar-refractivity contribution is 7.89. The summed E-state index contributed by atoms with van der Waals surface area (Å²) in [6.07, 6.45) is 1.60. The number of nitrogens with one attached hydrogen (secondary N) is 1. The van der Waals surface area contributed by atoms with Crippen molar-refractivity contribution in [1.82, 2.24) is 4.31 Å². The second-order valence-corrected chi connectivity index (χ2v) is 11.2. The molecule has 1 atom stereocenters. The summed E-state index contributed by atoms with van der Waals surface area (Å²) in [4.78, 5) is 26.7. The van der Waals surface area contributed by atoms with Crippen LogP contribution in [0.5, 0.6) is 0 Å². The number of rotatable bonds is 4. The Labute approximate surface area is 195 Å². The molecule has 2 aliphatic heterocycles. The second-order valence-electron chi connectivity index (χ2n) is 9.22. The Morgan fingerprint density at radius 2 is 1.73 bits per heavy atom. The van der Waals surface area contributed by atoms with Gasteiger partial charge in [0.1, 0.15) is 0 Å². The van der Waals surface area contributed by atoms with E-state index in [9.17, 15) is 18.0 Å². The molecule has 4 rings (SSSR count). The van der Waals surface area contributed by atoms with Gasteiger partial charge in [-0.1, -0.05) is 17.7 Å². The van der Waals surface area contributed by atoms with Crippen molar-refractivity contribution in [3.63, 3.8) is 0 Å². The molecule has 2 aromatic carbocycles. The molecule has 2 amide bonds. The van der Waals surface area contributed by atoms with Crippen molar-refractivity contribution in [3.8, 4) is 0 Å². The highest BCUT2D eigenvalue weighted by Gasteiger charge is 2.34. The molecule has 2 aromatic rings. The van der Waals surface area contributed by atoms with E-state index in [0.29, 0.717) is 32.4 Å². The van der Waals surface area contributed by atoms with Crippen LogP contribution in [-0.2, 0) is 26.0 Å². The van der Waals surface area contributed by atoms with E-state index in [1.807, 2.05) is 39.0 Å². The van der Waals surface area contributed by atoms with Crippen molar-refractivity contribution >= 4 is 33.2 Å². The van der Waals surface area contributed by atoms with Crippen molar-refractivity contribution in [1.29, 1.82) is 0 Å². The fourth-order valence-electron chi connectivity index (χ4n) is 4.94. The monoisotopic (exact) mass is 469 g/mol. The quantitative estimate of drug-likeness (QED) is 0.741. The minimum atomic E-state index is -3.66. The minimum absolute atomic E-state index is 0.0156. The zero-order valence-electron chi connectivity index (χ0n) is 19.6. The summed E-state index contributed by atoms with van der Waals surface area (Å²) in [6, 6.07) is 10.9. The summed E-state index contributed by atoms with van der Waals surface area (Å²) in [5.74, 6) is -0.324. The van der Waals surface area contributed by atoms with Gasteiger partial charge in [0.15, 0.2) is 0 Å². The summed E-state index contributed by atoms with van der Waals surface area (Å²) in [5.41, 5.74) is 4.61. The van der Waals surface area contributed by atoms with E-state index in [1.54, 1.807) is 23.1 Å². The Bertz CT molecular complexity index is 1200. The Balaban J connectivity index is 1.43. The number of carbonyl (C=O) groups excluding carboxylic acids is 2. The number of hydrogen-bond acceptors (Lipinski definition) is 4. The average molecular weight is 470 g/mol. The third kappa shape index (κ3) is 4.54. The normalized spacial score (nSPS) is 19.4. The molecule has 1 saturated heterocycles. The molecule has 176 valence electrons. The number of anilines is 2. The SMILES string of the molecule is CC(=O)N1c2ccc(S(=O)(=O)N3CCC(C(=O)Nc4ccc(C)cc4C)CC3)cc2CC1C. The molecule has 2 aliphatic rings. The van der Waals surface area contributed by atoms with Crippen molar-refractivity contribution in [3.05, 3.63) is 53.1 Å². The van der Waals surface area contributed by atoms with E-state index < -0.39 is 10.0 Å². The van der Waals surface area contributed by atoms with E-state index in [0.717, 1.165) is 28.1 Å². The maximum atomic E-state index is 13.3. The van der Waals surface area contributed by atoms with E-state index >= 15 is 0 Å². The fraction of sp³-hybridized carbons (Fsp3) is 0.440. The number of aryl methyl sites for hydroxylation is 2. The van der Waals surface area contributed by atoms with Gasteiger partial charge in [0.25, 0.3) is 0 Å². The predicted octanol–water partition coefficient (Wildman–Crippen LogP) is 3.64. The van der Waals surface area contributed by atoms with Gasteiger partial charge in [-0.3, -0.25) is 9.59 Å². The molecule has 0 radical (unpaired) electrons. The largest absolute Gasteiger partial charge is 0.326 e. The van der Waals surface area contributed by atoms with E-state index in [2.05, 4.69) is 5.32 Å². The van der Waals surface area contributed by atoms with Gasteiger partial charge in [0.05, 0.1) is 4.90 Å². The van der Waals surface area contributed by atoms with Crippen LogP contribution >= 0.6 is 0 Å². The molecular formula is C25H31N3O4S. The van der Waals surface area contributed by atoms with E-state index in [-0.39, 0.29) is 28.7 Å².